The predicted octanol–water partition coefficient (Wildman–Crippen LogP) is 4.84. The van der Waals surface area contributed by atoms with E-state index in [-0.39, 0.29) is 17.7 Å². The highest BCUT2D eigenvalue weighted by Gasteiger charge is 2.33. The van der Waals surface area contributed by atoms with Gasteiger partial charge in [0, 0.05) is 30.6 Å². The highest BCUT2D eigenvalue weighted by Crippen LogP contribution is 2.36. The number of pyridine rings is 1. The largest absolute Gasteiger partial charge is 0.433 e. The Morgan fingerprint density at radius 2 is 1.88 bits per heavy atom. The summed E-state index contributed by atoms with van der Waals surface area (Å²) in [5.41, 5.74) is 0.681. The maximum Gasteiger partial charge on any atom is 0.433 e. The van der Waals surface area contributed by atoms with Crippen molar-refractivity contribution >= 4 is 34.5 Å². The van der Waals surface area contributed by atoms with E-state index >= 15 is 0 Å². The van der Waals surface area contributed by atoms with Crippen LogP contribution in [0.4, 0.5) is 24.5 Å². The summed E-state index contributed by atoms with van der Waals surface area (Å²) < 4.78 is 41.0. The summed E-state index contributed by atoms with van der Waals surface area (Å²) in [6.07, 6.45) is 2.79. The van der Waals surface area contributed by atoms with Gasteiger partial charge in [-0.3, -0.25) is 9.48 Å². The lowest BCUT2D eigenvalue weighted by Gasteiger charge is -2.34. The number of carbonyl (C=O) groups excluding carboxylic acids is 2. The smallest absolute Gasteiger partial charge is 0.370 e. The van der Waals surface area contributed by atoms with Gasteiger partial charge in [-0.25, -0.2) is 4.98 Å². The Bertz CT molecular complexity index is 1230. The Labute approximate surface area is 193 Å². The molecule has 0 unspecified atom stereocenters. The van der Waals surface area contributed by atoms with E-state index in [1.165, 1.54) is 12.1 Å². The van der Waals surface area contributed by atoms with Crippen molar-refractivity contribution in [2.75, 3.05) is 23.3 Å². The standard InChI is InChI=1S/C24H24F3N5O2/c25-24(26,27)22-4-1-3-18(28-22)23(34)29-20-11-16-13-32(17-7-5-15(14-33)6-8-17)30-19(16)12-21(20)31-9-2-10-31/h1,3-4,11-15,17H,2,5-10H2,(H,29,34). The van der Waals surface area contributed by atoms with Crippen LogP contribution in [0, 0.1) is 5.92 Å². The van der Waals surface area contributed by atoms with E-state index in [1.54, 1.807) is 0 Å². The molecule has 2 aromatic heterocycles. The zero-order valence-electron chi connectivity index (χ0n) is 18.4. The zero-order valence-corrected chi connectivity index (χ0v) is 18.4. The molecule has 1 aromatic carbocycles. The average Bonchev–Trinajstić information content (AvgIpc) is 3.20. The molecule has 0 atom stereocenters. The fourth-order valence-electron chi connectivity index (χ4n) is 4.59. The first-order chi connectivity index (χ1) is 16.3. The molecule has 178 valence electrons. The Morgan fingerprint density at radius 3 is 2.53 bits per heavy atom. The number of nitrogens with one attached hydrogen (secondary N) is 1. The van der Waals surface area contributed by atoms with Gasteiger partial charge in [-0.05, 0) is 56.4 Å². The molecule has 1 saturated heterocycles. The molecule has 1 aliphatic carbocycles. The van der Waals surface area contributed by atoms with Crippen LogP contribution < -0.4 is 10.2 Å². The fourth-order valence-corrected chi connectivity index (χ4v) is 4.59. The monoisotopic (exact) mass is 471 g/mol. The first kappa shape index (κ1) is 22.4. The second-order valence-electron chi connectivity index (χ2n) is 8.94. The number of rotatable bonds is 5. The molecule has 0 spiro atoms. The summed E-state index contributed by atoms with van der Waals surface area (Å²) >= 11 is 0. The van der Waals surface area contributed by atoms with E-state index in [1.807, 2.05) is 23.0 Å². The zero-order chi connectivity index (χ0) is 23.9. The van der Waals surface area contributed by atoms with E-state index in [0.29, 0.717) is 5.69 Å². The number of amides is 1. The number of hydrogen-bond donors (Lipinski definition) is 1. The van der Waals surface area contributed by atoms with Gasteiger partial charge in [0.25, 0.3) is 5.91 Å². The number of fused-ring (bicyclic) bond motifs is 1. The summed E-state index contributed by atoms with van der Waals surface area (Å²) in [7, 11) is 0. The van der Waals surface area contributed by atoms with Crippen LogP contribution in [-0.4, -0.2) is 40.0 Å². The molecule has 7 nitrogen and oxygen atoms in total. The van der Waals surface area contributed by atoms with Crippen LogP contribution in [0.2, 0.25) is 0 Å². The average molecular weight is 471 g/mol. The number of aromatic nitrogens is 3. The summed E-state index contributed by atoms with van der Waals surface area (Å²) in [5, 5.41) is 8.35. The van der Waals surface area contributed by atoms with Crippen molar-refractivity contribution in [3.8, 4) is 0 Å². The second kappa shape index (κ2) is 8.73. The van der Waals surface area contributed by atoms with Gasteiger partial charge in [-0.2, -0.15) is 18.3 Å². The van der Waals surface area contributed by atoms with Gasteiger partial charge in [0.2, 0.25) is 0 Å². The van der Waals surface area contributed by atoms with Crippen LogP contribution in [0.3, 0.4) is 0 Å². The third-order valence-corrected chi connectivity index (χ3v) is 6.66. The number of halogens is 3. The molecular formula is C24H24F3N5O2. The normalized spacial score (nSPS) is 20.7. The van der Waals surface area contributed by atoms with Gasteiger partial charge >= 0.3 is 6.18 Å². The van der Waals surface area contributed by atoms with Crippen LogP contribution in [-0.2, 0) is 11.0 Å². The summed E-state index contributed by atoms with van der Waals surface area (Å²) in [6, 6.07) is 7.22. The lowest BCUT2D eigenvalue weighted by Crippen LogP contribution is -2.37. The number of aldehydes is 1. The fraction of sp³-hybridized carbons (Fsp3) is 0.417. The SMILES string of the molecule is O=CC1CCC(n2cc3cc(NC(=O)c4cccc(C(F)(F)F)n4)c(N4CCC4)cc3n2)CC1. The number of hydrogen-bond acceptors (Lipinski definition) is 5. The molecule has 2 fully saturated rings. The minimum atomic E-state index is -4.63. The van der Waals surface area contributed by atoms with E-state index in [9.17, 15) is 22.8 Å². The van der Waals surface area contributed by atoms with E-state index in [2.05, 4.69) is 15.2 Å². The van der Waals surface area contributed by atoms with Crippen LogP contribution >= 0.6 is 0 Å². The van der Waals surface area contributed by atoms with Gasteiger partial charge in [-0.1, -0.05) is 6.07 Å². The van der Waals surface area contributed by atoms with E-state index in [0.717, 1.165) is 74.1 Å². The van der Waals surface area contributed by atoms with Crippen molar-refractivity contribution in [1.29, 1.82) is 0 Å². The van der Waals surface area contributed by atoms with Crippen molar-refractivity contribution < 1.29 is 22.8 Å². The molecule has 0 radical (unpaired) electrons. The maximum atomic E-state index is 13.0. The molecule has 1 aliphatic heterocycles. The molecule has 3 heterocycles. The van der Waals surface area contributed by atoms with Gasteiger partial charge in [0.15, 0.2) is 0 Å². The van der Waals surface area contributed by atoms with Crippen LogP contribution in [0.5, 0.6) is 0 Å². The van der Waals surface area contributed by atoms with Crippen LogP contribution in [0.25, 0.3) is 10.9 Å². The maximum absolute atomic E-state index is 13.0. The van der Waals surface area contributed by atoms with Crippen molar-refractivity contribution in [1.82, 2.24) is 14.8 Å². The quantitative estimate of drug-likeness (QED) is 0.539. The molecular weight excluding hydrogens is 447 g/mol. The molecule has 10 heteroatoms. The number of nitrogens with zero attached hydrogens (tertiary/aromatic N) is 4. The summed E-state index contributed by atoms with van der Waals surface area (Å²) in [5.74, 6) is -0.586. The lowest BCUT2D eigenvalue weighted by molar-refractivity contribution is -0.141. The van der Waals surface area contributed by atoms with Gasteiger partial charge in [0.1, 0.15) is 17.7 Å². The van der Waals surface area contributed by atoms with Crippen molar-refractivity contribution in [3.05, 3.63) is 47.9 Å². The third kappa shape index (κ3) is 4.36. The molecule has 1 saturated carbocycles. The van der Waals surface area contributed by atoms with Crippen molar-refractivity contribution in [2.24, 2.45) is 5.92 Å². The Hall–Kier alpha value is -3.43. The molecule has 1 N–H and O–H groups in total. The predicted molar refractivity (Wildman–Crippen MR) is 121 cm³/mol. The molecule has 3 aromatic rings. The number of alkyl halides is 3. The molecule has 2 aliphatic rings. The van der Waals surface area contributed by atoms with E-state index in [4.69, 9.17) is 5.10 Å². The third-order valence-electron chi connectivity index (χ3n) is 6.66. The number of carbonyl (C=O) groups is 2. The first-order valence-electron chi connectivity index (χ1n) is 11.4. The van der Waals surface area contributed by atoms with Gasteiger partial charge in [0.05, 0.1) is 22.9 Å². The minimum absolute atomic E-state index is 0.116. The minimum Gasteiger partial charge on any atom is -0.370 e. The van der Waals surface area contributed by atoms with E-state index < -0.39 is 17.8 Å². The Balaban J connectivity index is 1.44. The first-order valence-corrected chi connectivity index (χ1v) is 11.4. The molecule has 5 rings (SSSR count). The van der Waals surface area contributed by atoms with Crippen LogP contribution in [0.1, 0.15) is 54.3 Å². The topological polar surface area (TPSA) is 80.1 Å². The molecule has 0 bridgehead atoms. The van der Waals surface area contributed by atoms with Crippen molar-refractivity contribution in [2.45, 2.75) is 44.3 Å². The highest BCUT2D eigenvalue weighted by atomic mass is 19.4. The lowest BCUT2D eigenvalue weighted by atomic mass is 9.87. The van der Waals surface area contributed by atoms with Crippen LogP contribution in [0.15, 0.2) is 36.5 Å². The highest BCUT2D eigenvalue weighted by molar-refractivity contribution is 6.06. The summed E-state index contributed by atoms with van der Waals surface area (Å²) in [6.45, 7) is 1.65. The van der Waals surface area contributed by atoms with Gasteiger partial charge < -0.3 is 15.0 Å². The number of benzene rings is 1. The van der Waals surface area contributed by atoms with Gasteiger partial charge in [-0.15, -0.1) is 0 Å². The second-order valence-corrected chi connectivity index (χ2v) is 8.94. The number of anilines is 2. The van der Waals surface area contributed by atoms with Crippen molar-refractivity contribution in [3.63, 3.8) is 0 Å². The Morgan fingerprint density at radius 1 is 1.12 bits per heavy atom. The molecule has 34 heavy (non-hydrogen) atoms. The Kier molecular flexibility index (Phi) is 5.75. The summed E-state index contributed by atoms with van der Waals surface area (Å²) in [4.78, 5) is 29.5. The molecule has 1 amide bonds.